The van der Waals surface area contributed by atoms with Gasteiger partial charge in [0.2, 0.25) is 0 Å². The summed E-state index contributed by atoms with van der Waals surface area (Å²) in [7, 11) is 0. The smallest absolute Gasteiger partial charge is 0.272 e. The highest BCUT2D eigenvalue weighted by molar-refractivity contribution is 5.49. The van der Waals surface area contributed by atoms with Gasteiger partial charge in [0.05, 0.1) is 11.5 Å². The molecule has 1 unspecified atom stereocenters. The molecule has 0 saturated carbocycles. The van der Waals surface area contributed by atoms with Gasteiger partial charge in [0.25, 0.3) is 5.69 Å². The quantitative estimate of drug-likeness (QED) is 0.451. The lowest BCUT2D eigenvalue weighted by molar-refractivity contribution is -0.385. The highest BCUT2D eigenvalue weighted by Crippen LogP contribution is 2.27. The van der Waals surface area contributed by atoms with Crippen molar-refractivity contribution in [1.29, 1.82) is 0 Å². The molecule has 1 aromatic rings. The third kappa shape index (κ3) is 4.81. The van der Waals surface area contributed by atoms with Crippen molar-refractivity contribution in [3.05, 3.63) is 33.4 Å². The second kappa shape index (κ2) is 7.85. The van der Waals surface area contributed by atoms with E-state index < -0.39 is 0 Å². The summed E-state index contributed by atoms with van der Waals surface area (Å²) in [6, 6.07) is 3.32. The summed E-state index contributed by atoms with van der Waals surface area (Å²) in [6.45, 7) is 10.4. The summed E-state index contributed by atoms with van der Waals surface area (Å²) in [5.41, 5.74) is 1.58. The van der Waals surface area contributed by atoms with E-state index in [2.05, 4.69) is 19.2 Å². The first-order chi connectivity index (χ1) is 9.45. The highest BCUT2D eigenvalue weighted by atomic mass is 16.6. The molecule has 0 aromatic heterocycles. The Morgan fingerprint density at radius 3 is 2.65 bits per heavy atom. The Hall–Kier alpha value is -1.62. The number of nitro benzene ring substituents is 1. The van der Waals surface area contributed by atoms with E-state index in [1.807, 2.05) is 6.92 Å². The molecule has 0 aliphatic rings. The molecule has 0 heterocycles. The lowest BCUT2D eigenvalue weighted by Gasteiger charge is -2.15. The van der Waals surface area contributed by atoms with Gasteiger partial charge in [-0.05, 0) is 38.4 Å². The van der Waals surface area contributed by atoms with Crippen LogP contribution in [0.15, 0.2) is 12.1 Å². The van der Waals surface area contributed by atoms with Gasteiger partial charge in [-0.25, -0.2) is 0 Å². The summed E-state index contributed by atoms with van der Waals surface area (Å²) < 4.78 is 5.78. The van der Waals surface area contributed by atoms with Crippen LogP contribution in [-0.2, 0) is 0 Å². The fourth-order valence-electron chi connectivity index (χ4n) is 1.94. The van der Waals surface area contributed by atoms with E-state index in [1.54, 1.807) is 19.1 Å². The molecule has 1 aromatic carbocycles. The molecule has 1 rings (SSSR count). The fraction of sp³-hybridized carbons (Fsp3) is 0.600. The van der Waals surface area contributed by atoms with Crippen molar-refractivity contribution in [3.8, 4) is 5.75 Å². The second-order valence-corrected chi connectivity index (χ2v) is 5.28. The van der Waals surface area contributed by atoms with Crippen molar-refractivity contribution in [2.75, 3.05) is 19.7 Å². The van der Waals surface area contributed by atoms with E-state index in [-0.39, 0.29) is 10.6 Å². The standard InChI is InChI=1S/C15H24N2O3/c1-5-6-16-9-11(2)10-20-15-8-12(3)14(17(18)19)7-13(15)4/h7-8,11,16H,5-6,9-10H2,1-4H3. The van der Waals surface area contributed by atoms with Gasteiger partial charge in [-0.3, -0.25) is 10.1 Å². The monoisotopic (exact) mass is 280 g/mol. The van der Waals surface area contributed by atoms with Gasteiger partial charge < -0.3 is 10.1 Å². The van der Waals surface area contributed by atoms with Crippen molar-refractivity contribution < 1.29 is 9.66 Å². The van der Waals surface area contributed by atoms with E-state index >= 15 is 0 Å². The summed E-state index contributed by atoms with van der Waals surface area (Å²) in [6.07, 6.45) is 1.12. The van der Waals surface area contributed by atoms with E-state index in [4.69, 9.17) is 4.74 Å². The predicted molar refractivity (Wildman–Crippen MR) is 80.4 cm³/mol. The van der Waals surface area contributed by atoms with E-state index in [0.717, 1.165) is 30.8 Å². The number of nitrogens with zero attached hydrogens (tertiary/aromatic N) is 1. The Bertz CT molecular complexity index is 461. The van der Waals surface area contributed by atoms with Crippen LogP contribution in [0.3, 0.4) is 0 Å². The molecule has 5 heteroatoms. The molecule has 0 aliphatic carbocycles. The van der Waals surface area contributed by atoms with E-state index in [9.17, 15) is 10.1 Å². The number of nitro groups is 1. The third-order valence-corrected chi connectivity index (χ3v) is 3.13. The first kappa shape index (κ1) is 16.4. The number of aryl methyl sites for hydroxylation is 2. The Morgan fingerprint density at radius 1 is 1.35 bits per heavy atom. The van der Waals surface area contributed by atoms with Crippen molar-refractivity contribution in [2.24, 2.45) is 5.92 Å². The highest BCUT2D eigenvalue weighted by Gasteiger charge is 2.14. The number of hydrogen-bond donors (Lipinski definition) is 1. The van der Waals surface area contributed by atoms with Crippen LogP contribution in [0.2, 0.25) is 0 Å². The Balaban J connectivity index is 2.60. The molecule has 0 saturated heterocycles. The summed E-state index contributed by atoms with van der Waals surface area (Å²) in [4.78, 5) is 10.5. The molecule has 0 radical (unpaired) electrons. The molecule has 1 atom stereocenters. The van der Waals surface area contributed by atoms with Gasteiger partial charge in [-0.1, -0.05) is 13.8 Å². The molecule has 0 amide bonds. The van der Waals surface area contributed by atoms with Crippen LogP contribution in [-0.4, -0.2) is 24.6 Å². The molecular weight excluding hydrogens is 256 g/mol. The van der Waals surface area contributed by atoms with Gasteiger partial charge in [-0.15, -0.1) is 0 Å². The molecule has 112 valence electrons. The lowest BCUT2D eigenvalue weighted by Crippen LogP contribution is -2.25. The van der Waals surface area contributed by atoms with Crippen LogP contribution in [0.5, 0.6) is 5.75 Å². The van der Waals surface area contributed by atoms with Crippen LogP contribution < -0.4 is 10.1 Å². The van der Waals surface area contributed by atoms with Gasteiger partial charge in [0, 0.05) is 24.1 Å². The predicted octanol–water partition coefficient (Wildman–Crippen LogP) is 3.23. The van der Waals surface area contributed by atoms with Gasteiger partial charge >= 0.3 is 0 Å². The Morgan fingerprint density at radius 2 is 2.05 bits per heavy atom. The maximum Gasteiger partial charge on any atom is 0.272 e. The number of nitrogens with one attached hydrogen (secondary N) is 1. The Labute approximate surface area is 120 Å². The molecule has 20 heavy (non-hydrogen) atoms. The van der Waals surface area contributed by atoms with Crippen LogP contribution in [0.25, 0.3) is 0 Å². The number of hydrogen-bond acceptors (Lipinski definition) is 4. The molecule has 0 fully saturated rings. The van der Waals surface area contributed by atoms with Gasteiger partial charge in [-0.2, -0.15) is 0 Å². The summed E-state index contributed by atoms with van der Waals surface area (Å²) >= 11 is 0. The van der Waals surface area contributed by atoms with Crippen LogP contribution in [0, 0.1) is 29.9 Å². The van der Waals surface area contributed by atoms with Crippen molar-refractivity contribution >= 4 is 5.69 Å². The normalized spacial score (nSPS) is 12.2. The van der Waals surface area contributed by atoms with E-state index in [0.29, 0.717) is 18.1 Å². The zero-order valence-electron chi connectivity index (χ0n) is 12.7. The zero-order chi connectivity index (χ0) is 15.1. The second-order valence-electron chi connectivity index (χ2n) is 5.28. The first-order valence-corrected chi connectivity index (χ1v) is 7.04. The molecule has 0 aliphatic heterocycles. The lowest BCUT2D eigenvalue weighted by atomic mass is 10.1. The van der Waals surface area contributed by atoms with Crippen molar-refractivity contribution in [1.82, 2.24) is 5.32 Å². The van der Waals surface area contributed by atoms with Gasteiger partial charge in [0.1, 0.15) is 5.75 Å². The summed E-state index contributed by atoms with van der Waals surface area (Å²) in [5.74, 6) is 1.13. The number of rotatable bonds is 8. The average Bonchev–Trinajstić information content (AvgIpc) is 2.39. The molecular formula is C15H24N2O3. The van der Waals surface area contributed by atoms with Crippen LogP contribution >= 0.6 is 0 Å². The maximum atomic E-state index is 10.9. The summed E-state index contributed by atoms with van der Waals surface area (Å²) in [5, 5.41) is 14.2. The molecule has 0 spiro atoms. The fourth-order valence-corrected chi connectivity index (χ4v) is 1.94. The first-order valence-electron chi connectivity index (χ1n) is 7.04. The molecule has 5 nitrogen and oxygen atoms in total. The van der Waals surface area contributed by atoms with Gasteiger partial charge in [0.15, 0.2) is 0 Å². The molecule has 0 bridgehead atoms. The topological polar surface area (TPSA) is 64.4 Å². The van der Waals surface area contributed by atoms with Crippen LogP contribution in [0.1, 0.15) is 31.4 Å². The van der Waals surface area contributed by atoms with E-state index in [1.165, 1.54) is 0 Å². The maximum absolute atomic E-state index is 10.9. The van der Waals surface area contributed by atoms with Crippen molar-refractivity contribution in [2.45, 2.75) is 34.1 Å². The minimum absolute atomic E-state index is 0.146. The number of benzene rings is 1. The number of ether oxygens (including phenoxy) is 1. The third-order valence-electron chi connectivity index (χ3n) is 3.13. The van der Waals surface area contributed by atoms with Crippen molar-refractivity contribution in [3.63, 3.8) is 0 Å². The molecule has 1 N–H and O–H groups in total. The Kier molecular flexibility index (Phi) is 6.45. The SMILES string of the molecule is CCCNCC(C)COc1cc(C)c([N+](=O)[O-])cc1C. The largest absolute Gasteiger partial charge is 0.493 e. The minimum atomic E-state index is -0.358. The zero-order valence-corrected chi connectivity index (χ0v) is 12.7. The minimum Gasteiger partial charge on any atom is -0.493 e. The average molecular weight is 280 g/mol. The van der Waals surface area contributed by atoms with Crippen LogP contribution in [0.4, 0.5) is 5.69 Å².